The fourth-order valence-electron chi connectivity index (χ4n) is 2.64. The number of amides is 2. The highest BCUT2D eigenvalue weighted by Gasteiger charge is 2.35. The van der Waals surface area contributed by atoms with Gasteiger partial charge in [-0.1, -0.05) is 40.9 Å². The van der Waals surface area contributed by atoms with E-state index in [0.717, 1.165) is 16.7 Å². The first-order chi connectivity index (χ1) is 12.9. The van der Waals surface area contributed by atoms with E-state index < -0.39 is 5.91 Å². The molecule has 0 N–H and O–H groups in total. The number of halogens is 3. The van der Waals surface area contributed by atoms with E-state index in [2.05, 4.69) is 0 Å². The van der Waals surface area contributed by atoms with Crippen molar-refractivity contribution in [3.05, 3.63) is 61.4 Å². The lowest BCUT2D eigenvalue weighted by molar-refractivity contribution is -0.123. The molecule has 0 unspecified atom stereocenters. The maximum Gasteiger partial charge on any atom is 0.293 e. The molecule has 1 fully saturated rings. The predicted octanol–water partition coefficient (Wildman–Crippen LogP) is 5.61. The number of hydrogen-bond donors (Lipinski definition) is 0. The van der Waals surface area contributed by atoms with Gasteiger partial charge in [-0.05, 0) is 47.2 Å². The van der Waals surface area contributed by atoms with Gasteiger partial charge in [-0.3, -0.25) is 14.5 Å². The first-order valence-electron chi connectivity index (χ1n) is 7.71. The topological polar surface area (TPSA) is 55.8 Å². The van der Waals surface area contributed by atoms with E-state index in [1.807, 2.05) is 0 Å². The second kappa shape index (κ2) is 7.28. The van der Waals surface area contributed by atoms with E-state index in [1.165, 1.54) is 0 Å². The Morgan fingerprint density at radius 2 is 1.74 bits per heavy atom. The monoisotopic (exact) mass is 441 g/mol. The van der Waals surface area contributed by atoms with Crippen molar-refractivity contribution >= 4 is 63.8 Å². The average Bonchev–Trinajstić information content (AvgIpc) is 3.17. The molecule has 2 heterocycles. The number of carbonyl (C=O) groups excluding carboxylic acids is 2. The standard InChI is InChI=1S/C18H10Cl3NO4S/c19-11-2-1-9(3-13(11)21)4-16-17(23)22(18(24)27-16)7-10-5-14-15(6-12(10)20)26-8-25-14/h1-6H,7-8H2/b16-4-. The number of nitrogens with zero attached hydrogens (tertiary/aromatic N) is 1. The van der Waals surface area contributed by atoms with Gasteiger partial charge in [0, 0.05) is 11.1 Å². The maximum absolute atomic E-state index is 12.7. The van der Waals surface area contributed by atoms with E-state index in [4.69, 9.17) is 44.3 Å². The van der Waals surface area contributed by atoms with Gasteiger partial charge in [-0.25, -0.2) is 0 Å². The second-order valence-corrected chi connectivity index (χ2v) is 7.95. The Morgan fingerprint density at radius 3 is 2.48 bits per heavy atom. The molecule has 5 nitrogen and oxygen atoms in total. The zero-order valence-corrected chi connectivity index (χ0v) is 16.6. The van der Waals surface area contributed by atoms with Gasteiger partial charge < -0.3 is 9.47 Å². The number of imide groups is 1. The Kier molecular flexibility index (Phi) is 4.99. The number of rotatable bonds is 3. The molecule has 2 aromatic rings. The average molecular weight is 443 g/mol. The van der Waals surface area contributed by atoms with Crippen LogP contribution in [0.4, 0.5) is 4.79 Å². The fourth-order valence-corrected chi connectivity index (χ4v) is 4.00. The van der Waals surface area contributed by atoms with Gasteiger partial charge in [0.2, 0.25) is 6.79 Å². The first-order valence-corrected chi connectivity index (χ1v) is 9.66. The van der Waals surface area contributed by atoms with Gasteiger partial charge in [0.25, 0.3) is 11.1 Å². The van der Waals surface area contributed by atoms with Crippen LogP contribution in [0.1, 0.15) is 11.1 Å². The lowest BCUT2D eigenvalue weighted by Gasteiger charge is -2.14. The molecule has 4 rings (SSSR count). The van der Waals surface area contributed by atoms with Crippen molar-refractivity contribution in [3.63, 3.8) is 0 Å². The summed E-state index contributed by atoms with van der Waals surface area (Å²) in [6.07, 6.45) is 1.61. The molecule has 0 radical (unpaired) electrons. The van der Waals surface area contributed by atoms with Crippen molar-refractivity contribution in [1.29, 1.82) is 0 Å². The molecule has 27 heavy (non-hydrogen) atoms. The lowest BCUT2D eigenvalue weighted by atomic mass is 10.1. The third-order valence-corrected chi connectivity index (χ3v) is 5.98. The second-order valence-electron chi connectivity index (χ2n) is 5.74. The summed E-state index contributed by atoms with van der Waals surface area (Å²) in [6, 6.07) is 8.27. The summed E-state index contributed by atoms with van der Waals surface area (Å²) in [5, 5.41) is 0.808. The lowest BCUT2D eigenvalue weighted by Crippen LogP contribution is -2.27. The minimum atomic E-state index is -0.398. The highest BCUT2D eigenvalue weighted by atomic mass is 35.5. The van der Waals surface area contributed by atoms with Crippen LogP contribution in [0.3, 0.4) is 0 Å². The van der Waals surface area contributed by atoms with Crippen LogP contribution in [0, 0.1) is 0 Å². The van der Waals surface area contributed by atoms with Gasteiger partial charge >= 0.3 is 0 Å². The molecule has 138 valence electrons. The van der Waals surface area contributed by atoms with Crippen molar-refractivity contribution < 1.29 is 19.1 Å². The van der Waals surface area contributed by atoms with Gasteiger partial charge in [-0.15, -0.1) is 0 Å². The normalized spacial score (nSPS) is 17.3. The number of benzene rings is 2. The van der Waals surface area contributed by atoms with E-state index in [1.54, 1.807) is 36.4 Å². The number of hydrogen-bond acceptors (Lipinski definition) is 5. The highest BCUT2D eigenvalue weighted by Crippen LogP contribution is 2.39. The number of carbonyl (C=O) groups is 2. The van der Waals surface area contributed by atoms with Gasteiger partial charge in [-0.2, -0.15) is 0 Å². The molecule has 2 aliphatic rings. The van der Waals surface area contributed by atoms with E-state index in [9.17, 15) is 9.59 Å². The zero-order valence-electron chi connectivity index (χ0n) is 13.5. The van der Waals surface area contributed by atoms with Crippen molar-refractivity contribution in [2.75, 3.05) is 6.79 Å². The molecule has 0 spiro atoms. The molecule has 2 amide bonds. The van der Waals surface area contributed by atoms with Gasteiger partial charge in [0.15, 0.2) is 11.5 Å². The minimum absolute atomic E-state index is 0.0405. The zero-order chi connectivity index (χ0) is 19.1. The molecule has 0 aromatic heterocycles. The number of ether oxygens (including phenoxy) is 2. The summed E-state index contributed by atoms with van der Waals surface area (Å²) in [5.41, 5.74) is 1.27. The van der Waals surface area contributed by atoms with Crippen LogP contribution in [0.15, 0.2) is 35.2 Å². The third kappa shape index (κ3) is 3.62. The third-order valence-electron chi connectivity index (χ3n) is 3.99. The summed E-state index contributed by atoms with van der Waals surface area (Å²) in [4.78, 5) is 26.5. The molecule has 2 aliphatic heterocycles. The minimum Gasteiger partial charge on any atom is -0.454 e. The Labute approximate surface area is 173 Å². The number of fused-ring (bicyclic) bond motifs is 1. The molecule has 0 bridgehead atoms. The molecule has 0 atom stereocenters. The number of thioether (sulfide) groups is 1. The van der Waals surface area contributed by atoms with Crippen LogP contribution in [0.25, 0.3) is 6.08 Å². The SMILES string of the molecule is O=C1S/C(=C\c2ccc(Cl)c(Cl)c2)C(=O)N1Cc1cc2c(cc1Cl)OCO2. The van der Waals surface area contributed by atoms with Crippen molar-refractivity contribution in [3.8, 4) is 11.5 Å². The predicted molar refractivity (Wildman–Crippen MR) is 106 cm³/mol. The Bertz CT molecular complexity index is 1010. The van der Waals surface area contributed by atoms with Crippen molar-refractivity contribution in [2.24, 2.45) is 0 Å². The Morgan fingerprint density at radius 1 is 1.00 bits per heavy atom. The molecule has 0 saturated carbocycles. The molecular weight excluding hydrogens is 433 g/mol. The van der Waals surface area contributed by atoms with Crippen LogP contribution in [0.2, 0.25) is 15.1 Å². The van der Waals surface area contributed by atoms with E-state index in [-0.39, 0.29) is 18.6 Å². The van der Waals surface area contributed by atoms with Crippen LogP contribution in [-0.4, -0.2) is 22.8 Å². The van der Waals surface area contributed by atoms with E-state index in [0.29, 0.717) is 42.6 Å². The highest BCUT2D eigenvalue weighted by molar-refractivity contribution is 8.18. The largest absolute Gasteiger partial charge is 0.454 e. The molecule has 1 saturated heterocycles. The van der Waals surface area contributed by atoms with Crippen molar-refractivity contribution in [1.82, 2.24) is 4.90 Å². The van der Waals surface area contributed by atoms with Crippen LogP contribution < -0.4 is 9.47 Å². The summed E-state index contributed by atoms with van der Waals surface area (Å²) in [7, 11) is 0. The summed E-state index contributed by atoms with van der Waals surface area (Å²) in [6.45, 7) is 0.155. The quantitative estimate of drug-likeness (QED) is 0.578. The van der Waals surface area contributed by atoms with Gasteiger partial charge in [0.05, 0.1) is 21.5 Å². The molecular formula is C18H10Cl3NO4S. The maximum atomic E-state index is 12.7. The molecule has 9 heteroatoms. The summed E-state index contributed by atoms with van der Waals surface area (Å²) >= 11 is 19.0. The summed E-state index contributed by atoms with van der Waals surface area (Å²) in [5.74, 6) is 0.676. The van der Waals surface area contributed by atoms with Crippen LogP contribution in [-0.2, 0) is 11.3 Å². The smallest absolute Gasteiger partial charge is 0.293 e. The van der Waals surface area contributed by atoms with E-state index >= 15 is 0 Å². The first kappa shape index (κ1) is 18.5. The summed E-state index contributed by atoms with van der Waals surface area (Å²) < 4.78 is 10.6. The van der Waals surface area contributed by atoms with Crippen LogP contribution in [0.5, 0.6) is 11.5 Å². The fraction of sp³-hybridized carbons (Fsp3) is 0.111. The van der Waals surface area contributed by atoms with Gasteiger partial charge in [0.1, 0.15) is 0 Å². The molecule has 2 aromatic carbocycles. The van der Waals surface area contributed by atoms with Crippen molar-refractivity contribution in [2.45, 2.75) is 6.54 Å². The Hall–Kier alpha value is -1.86. The Balaban J connectivity index is 1.58. The molecule has 0 aliphatic carbocycles. The van der Waals surface area contributed by atoms with Crippen LogP contribution >= 0.6 is 46.6 Å².